The molecular formula is C47H29N. The predicted octanol–water partition coefficient (Wildman–Crippen LogP) is 12.8. The second kappa shape index (κ2) is 11.4. The molecule has 0 atom stereocenters. The van der Waals surface area contributed by atoms with Gasteiger partial charge in [0.2, 0.25) is 0 Å². The maximum absolute atomic E-state index is 9.35. The first kappa shape index (κ1) is 27.8. The maximum atomic E-state index is 9.35. The highest BCUT2D eigenvalue weighted by atomic mass is 14.2. The summed E-state index contributed by atoms with van der Waals surface area (Å²) in [4.78, 5) is 0. The number of nitrogens with zero attached hydrogens (tertiary/aromatic N) is 1. The van der Waals surface area contributed by atoms with Crippen LogP contribution in [-0.4, -0.2) is 0 Å². The quantitative estimate of drug-likeness (QED) is 0.179. The van der Waals surface area contributed by atoms with Crippen LogP contribution in [0.15, 0.2) is 176 Å². The molecule has 0 spiro atoms. The molecule has 0 aromatic heterocycles. The van der Waals surface area contributed by atoms with Crippen LogP contribution >= 0.6 is 0 Å². The van der Waals surface area contributed by atoms with Crippen molar-refractivity contribution in [1.29, 1.82) is 5.26 Å². The monoisotopic (exact) mass is 607 g/mol. The number of hydrogen-bond donors (Lipinski definition) is 0. The van der Waals surface area contributed by atoms with E-state index in [-0.39, 0.29) is 0 Å². The Morgan fingerprint density at radius 1 is 0.312 bits per heavy atom. The summed E-state index contributed by atoms with van der Waals surface area (Å²) < 4.78 is 0. The highest BCUT2D eigenvalue weighted by Gasteiger charge is 2.17. The van der Waals surface area contributed by atoms with E-state index in [0.29, 0.717) is 5.56 Å². The van der Waals surface area contributed by atoms with Gasteiger partial charge in [0.15, 0.2) is 0 Å². The third-order valence-electron chi connectivity index (χ3n) is 9.64. The lowest BCUT2D eigenvalue weighted by Crippen LogP contribution is -1.91. The van der Waals surface area contributed by atoms with Gasteiger partial charge < -0.3 is 0 Å². The van der Waals surface area contributed by atoms with E-state index in [1.807, 2.05) is 12.1 Å². The zero-order valence-corrected chi connectivity index (χ0v) is 26.2. The lowest BCUT2D eigenvalue weighted by Gasteiger charge is -2.18. The van der Waals surface area contributed by atoms with E-state index in [1.165, 1.54) is 82.4 Å². The first-order valence-electron chi connectivity index (χ1n) is 16.3. The van der Waals surface area contributed by atoms with Gasteiger partial charge in [-0.1, -0.05) is 140 Å². The highest BCUT2D eigenvalue weighted by Crippen LogP contribution is 2.45. The lowest BCUT2D eigenvalue weighted by molar-refractivity contribution is 1.48. The fourth-order valence-corrected chi connectivity index (χ4v) is 7.37. The Kier molecular flexibility index (Phi) is 6.59. The summed E-state index contributed by atoms with van der Waals surface area (Å²) in [5.41, 5.74) is 12.7. The van der Waals surface area contributed by atoms with Gasteiger partial charge in [-0.3, -0.25) is 0 Å². The summed E-state index contributed by atoms with van der Waals surface area (Å²) in [5.74, 6) is 0. The van der Waals surface area contributed by atoms with Crippen molar-refractivity contribution < 1.29 is 0 Å². The van der Waals surface area contributed by atoms with Crippen LogP contribution in [-0.2, 0) is 0 Å². The minimum atomic E-state index is 0.672. The van der Waals surface area contributed by atoms with Crippen LogP contribution < -0.4 is 0 Å². The summed E-state index contributed by atoms with van der Waals surface area (Å²) in [6, 6.07) is 65.3. The fraction of sp³-hybridized carbons (Fsp3) is 0. The van der Waals surface area contributed by atoms with Crippen molar-refractivity contribution in [3.05, 3.63) is 181 Å². The Morgan fingerprint density at radius 3 is 1.44 bits per heavy atom. The van der Waals surface area contributed by atoms with Gasteiger partial charge in [-0.2, -0.15) is 5.26 Å². The molecule has 48 heavy (non-hydrogen) atoms. The Labute approximate surface area is 279 Å². The average molecular weight is 608 g/mol. The Bertz CT molecular complexity index is 2640. The molecule has 0 heterocycles. The molecule has 9 aromatic rings. The van der Waals surface area contributed by atoms with E-state index in [2.05, 4.69) is 170 Å². The smallest absolute Gasteiger partial charge is 0.0991 e. The van der Waals surface area contributed by atoms with Crippen LogP contribution in [0.4, 0.5) is 0 Å². The van der Waals surface area contributed by atoms with E-state index in [9.17, 15) is 5.26 Å². The van der Waals surface area contributed by atoms with E-state index in [4.69, 9.17) is 0 Å². The standard InChI is InChI=1S/C47H29N/c48-30-31-20-22-34(23-21-31)44-28-38-16-9-19-42-45(29-39-17-8-18-41(44)46(39)47(38)42)37-15-7-14-36(26-37)40-25-24-35(32-10-3-1-4-11-32)27-43(40)33-12-5-2-6-13-33/h1-29H. The van der Waals surface area contributed by atoms with Crippen LogP contribution in [0.2, 0.25) is 0 Å². The van der Waals surface area contributed by atoms with E-state index >= 15 is 0 Å². The van der Waals surface area contributed by atoms with Crippen LogP contribution in [0, 0.1) is 11.3 Å². The predicted molar refractivity (Wildman–Crippen MR) is 202 cm³/mol. The van der Waals surface area contributed by atoms with Crippen molar-refractivity contribution in [2.75, 3.05) is 0 Å². The molecule has 1 heteroatoms. The van der Waals surface area contributed by atoms with Gasteiger partial charge in [0, 0.05) is 0 Å². The number of nitriles is 1. The molecule has 0 saturated heterocycles. The minimum absolute atomic E-state index is 0.672. The van der Waals surface area contributed by atoms with Gasteiger partial charge in [-0.05, 0) is 124 Å². The summed E-state index contributed by atoms with van der Waals surface area (Å²) in [6.07, 6.45) is 0. The highest BCUT2D eigenvalue weighted by molar-refractivity contribution is 6.29. The van der Waals surface area contributed by atoms with Crippen molar-refractivity contribution in [1.82, 2.24) is 0 Å². The van der Waals surface area contributed by atoms with Crippen molar-refractivity contribution in [2.45, 2.75) is 0 Å². The molecule has 0 saturated carbocycles. The molecule has 0 unspecified atom stereocenters. The van der Waals surface area contributed by atoms with Crippen LogP contribution in [0.5, 0.6) is 0 Å². The van der Waals surface area contributed by atoms with Gasteiger partial charge in [0.1, 0.15) is 0 Å². The van der Waals surface area contributed by atoms with Crippen molar-refractivity contribution in [3.63, 3.8) is 0 Å². The number of benzene rings is 9. The fourth-order valence-electron chi connectivity index (χ4n) is 7.37. The third-order valence-corrected chi connectivity index (χ3v) is 9.64. The van der Waals surface area contributed by atoms with E-state index < -0.39 is 0 Å². The zero-order valence-electron chi connectivity index (χ0n) is 26.2. The van der Waals surface area contributed by atoms with Crippen LogP contribution in [0.3, 0.4) is 0 Å². The second-order valence-electron chi connectivity index (χ2n) is 12.4. The molecule has 0 amide bonds. The normalized spacial score (nSPS) is 11.3. The van der Waals surface area contributed by atoms with E-state index in [1.54, 1.807) is 0 Å². The topological polar surface area (TPSA) is 23.8 Å². The number of hydrogen-bond acceptors (Lipinski definition) is 1. The molecule has 0 N–H and O–H groups in total. The van der Waals surface area contributed by atoms with Gasteiger partial charge in [0.05, 0.1) is 11.6 Å². The van der Waals surface area contributed by atoms with Crippen molar-refractivity contribution in [3.8, 4) is 61.7 Å². The summed E-state index contributed by atoms with van der Waals surface area (Å²) >= 11 is 0. The van der Waals surface area contributed by atoms with Gasteiger partial charge in [-0.15, -0.1) is 0 Å². The van der Waals surface area contributed by atoms with Crippen molar-refractivity contribution in [2.24, 2.45) is 0 Å². The molecule has 9 rings (SSSR count). The summed E-state index contributed by atoms with van der Waals surface area (Å²) in [6.45, 7) is 0. The minimum Gasteiger partial charge on any atom is -0.192 e. The molecule has 0 aliphatic heterocycles. The van der Waals surface area contributed by atoms with Crippen molar-refractivity contribution >= 4 is 32.3 Å². The van der Waals surface area contributed by atoms with E-state index in [0.717, 1.165) is 5.56 Å². The summed E-state index contributed by atoms with van der Waals surface area (Å²) in [7, 11) is 0. The average Bonchev–Trinajstić information content (AvgIpc) is 3.17. The first-order chi connectivity index (χ1) is 23.7. The molecule has 9 aromatic carbocycles. The maximum Gasteiger partial charge on any atom is 0.0991 e. The molecule has 0 aliphatic rings. The molecule has 222 valence electrons. The van der Waals surface area contributed by atoms with Crippen LogP contribution in [0.25, 0.3) is 88.0 Å². The van der Waals surface area contributed by atoms with Gasteiger partial charge in [-0.25, -0.2) is 0 Å². The number of rotatable bonds is 5. The van der Waals surface area contributed by atoms with Gasteiger partial charge in [0.25, 0.3) is 0 Å². The second-order valence-corrected chi connectivity index (χ2v) is 12.4. The molecular weight excluding hydrogens is 579 g/mol. The molecule has 0 aliphatic carbocycles. The lowest BCUT2D eigenvalue weighted by atomic mass is 9.85. The van der Waals surface area contributed by atoms with Gasteiger partial charge >= 0.3 is 0 Å². The Hall–Kier alpha value is -6.49. The Balaban J connectivity index is 1.23. The Morgan fingerprint density at radius 2 is 0.812 bits per heavy atom. The molecule has 0 bridgehead atoms. The largest absolute Gasteiger partial charge is 0.192 e. The zero-order chi connectivity index (χ0) is 32.0. The molecule has 0 fully saturated rings. The van der Waals surface area contributed by atoms with Crippen LogP contribution in [0.1, 0.15) is 5.56 Å². The first-order valence-corrected chi connectivity index (χ1v) is 16.3. The third kappa shape index (κ3) is 4.63. The molecule has 0 radical (unpaired) electrons. The SMILES string of the molecule is N#Cc1ccc(-c2cc3cccc4c(-c5cccc(-c6ccc(-c7ccccc7)cc6-c6ccccc6)c5)cc5cccc2c5c34)cc1. The summed E-state index contributed by atoms with van der Waals surface area (Å²) in [5, 5.41) is 16.9. The molecule has 1 nitrogen and oxygen atoms in total.